The topological polar surface area (TPSA) is 87.7 Å². The molecule has 1 aromatic rings. The molecule has 10 heteroatoms. The number of benzene rings is 1. The number of rotatable bonds is 4. The smallest absolute Gasteiger partial charge is 0.246 e. The van der Waals surface area contributed by atoms with E-state index in [2.05, 4.69) is 10.6 Å². The third-order valence-corrected chi connectivity index (χ3v) is 6.67. The lowest BCUT2D eigenvalue weighted by atomic mass is 10.2. The molecule has 2 N–H and O–H groups in total. The third kappa shape index (κ3) is 3.72. The van der Waals surface area contributed by atoms with E-state index >= 15 is 0 Å². The molecule has 1 aromatic carbocycles. The molecule has 0 radical (unpaired) electrons. The minimum Gasteiger partial charge on any atom is -0.379 e. The number of carbonyl (C=O) groups excluding carboxylic acids is 1. The van der Waals surface area contributed by atoms with Gasteiger partial charge in [0.25, 0.3) is 0 Å². The summed E-state index contributed by atoms with van der Waals surface area (Å²) in [6, 6.07) is 3.24. The van der Waals surface area contributed by atoms with E-state index in [4.69, 9.17) is 4.74 Å². The zero-order valence-corrected chi connectivity index (χ0v) is 14.5. The number of ether oxygens (including phenoxy) is 1. The average Bonchev–Trinajstić information content (AvgIpc) is 3.12. The van der Waals surface area contributed by atoms with E-state index in [-0.39, 0.29) is 43.9 Å². The predicted molar refractivity (Wildman–Crippen MR) is 88.9 cm³/mol. The summed E-state index contributed by atoms with van der Waals surface area (Å²) in [7, 11) is -3.96. The first-order chi connectivity index (χ1) is 11.5. The molecule has 0 bridgehead atoms. The van der Waals surface area contributed by atoms with Crippen molar-refractivity contribution in [3.05, 3.63) is 24.0 Å². The number of halogens is 1. The molecule has 2 fully saturated rings. The summed E-state index contributed by atoms with van der Waals surface area (Å²) < 4.78 is 45.6. The van der Waals surface area contributed by atoms with Gasteiger partial charge in [0.15, 0.2) is 0 Å². The van der Waals surface area contributed by atoms with Crippen molar-refractivity contribution in [1.82, 2.24) is 9.62 Å². The van der Waals surface area contributed by atoms with Crippen LogP contribution in [0.25, 0.3) is 0 Å². The van der Waals surface area contributed by atoms with Crippen LogP contribution in [0.3, 0.4) is 0 Å². The molecule has 7 nitrogen and oxygen atoms in total. The van der Waals surface area contributed by atoms with Gasteiger partial charge in [-0.3, -0.25) is 10.1 Å². The molecule has 1 atom stereocenters. The second-order valence-electron chi connectivity index (χ2n) is 5.42. The van der Waals surface area contributed by atoms with Gasteiger partial charge < -0.3 is 10.1 Å². The molecule has 3 rings (SSSR count). The Hall–Kier alpha value is -1.20. The summed E-state index contributed by atoms with van der Waals surface area (Å²) in [6.45, 7) is 0.924. The Balaban J connectivity index is 1.81. The van der Waals surface area contributed by atoms with Gasteiger partial charge in [-0.25, -0.2) is 12.8 Å². The van der Waals surface area contributed by atoms with Gasteiger partial charge in [0.05, 0.1) is 19.3 Å². The van der Waals surface area contributed by atoms with Crippen LogP contribution in [0.2, 0.25) is 0 Å². The minimum atomic E-state index is -3.96. The fraction of sp³-hybridized carbons (Fsp3) is 0.500. The average molecular weight is 375 g/mol. The van der Waals surface area contributed by atoms with Gasteiger partial charge in [0.1, 0.15) is 10.7 Å². The summed E-state index contributed by atoms with van der Waals surface area (Å²) in [6.07, 6.45) is 0. The molecule has 2 heterocycles. The lowest BCUT2D eigenvalue weighted by Crippen LogP contribution is -2.41. The molecule has 0 saturated carbocycles. The van der Waals surface area contributed by atoms with Crippen molar-refractivity contribution in [2.24, 2.45) is 0 Å². The highest BCUT2D eigenvalue weighted by atomic mass is 32.2. The summed E-state index contributed by atoms with van der Waals surface area (Å²) in [5.74, 6) is 0.236. The second kappa shape index (κ2) is 7.36. The van der Waals surface area contributed by atoms with Crippen LogP contribution >= 0.6 is 11.8 Å². The van der Waals surface area contributed by atoms with E-state index in [0.29, 0.717) is 11.6 Å². The Labute approximate surface area is 144 Å². The first-order valence-electron chi connectivity index (χ1n) is 7.48. The second-order valence-corrected chi connectivity index (χ2v) is 8.36. The van der Waals surface area contributed by atoms with Gasteiger partial charge >= 0.3 is 0 Å². The van der Waals surface area contributed by atoms with Crippen LogP contribution in [0.5, 0.6) is 0 Å². The van der Waals surface area contributed by atoms with Crippen molar-refractivity contribution in [2.45, 2.75) is 10.9 Å². The Bertz CT molecular complexity index is 717. The van der Waals surface area contributed by atoms with E-state index < -0.39 is 20.7 Å². The maximum Gasteiger partial charge on any atom is 0.246 e. The normalized spacial score (nSPS) is 22.5. The Morgan fingerprint density at radius 3 is 2.79 bits per heavy atom. The maximum absolute atomic E-state index is 14.1. The summed E-state index contributed by atoms with van der Waals surface area (Å²) >= 11 is 1.60. The largest absolute Gasteiger partial charge is 0.379 e. The molecular formula is C14H18FN3O4S2. The fourth-order valence-electron chi connectivity index (χ4n) is 2.50. The molecule has 1 amide bonds. The minimum absolute atomic E-state index is 0.182. The van der Waals surface area contributed by atoms with Crippen molar-refractivity contribution in [1.29, 1.82) is 0 Å². The van der Waals surface area contributed by atoms with E-state index in [9.17, 15) is 17.6 Å². The molecule has 0 aliphatic carbocycles. The van der Waals surface area contributed by atoms with Crippen LogP contribution in [-0.2, 0) is 19.6 Å². The molecule has 2 aliphatic rings. The molecule has 2 aliphatic heterocycles. The highest BCUT2D eigenvalue weighted by Gasteiger charge is 2.30. The Kier molecular flexibility index (Phi) is 5.40. The number of thioether (sulfide) groups is 1. The van der Waals surface area contributed by atoms with Crippen LogP contribution in [0, 0.1) is 5.82 Å². The number of nitrogens with zero attached hydrogens (tertiary/aromatic N) is 1. The van der Waals surface area contributed by atoms with Crippen LogP contribution in [0.15, 0.2) is 23.1 Å². The third-order valence-electron chi connectivity index (χ3n) is 3.82. The van der Waals surface area contributed by atoms with E-state index in [1.807, 2.05) is 0 Å². The SMILES string of the molecule is O=C(Nc1ccc(F)c(S(=O)(=O)N2CCOCC2)c1)C1CSCN1. The lowest BCUT2D eigenvalue weighted by Gasteiger charge is -2.26. The van der Waals surface area contributed by atoms with Crippen LogP contribution in [0.4, 0.5) is 10.1 Å². The number of hydrogen-bond donors (Lipinski definition) is 2. The summed E-state index contributed by atoms with van der Waals surface area (Å²) in [5.41, 5.74) is 0.256. The Morgan fingerprint density at radius 1 is 1.38 bits per heavy atom. The maximum atomic E-state index is 14.1. The van der Waals surface area contributed by atoms with E-state index in [1.54, 1.807) is 11.8 Å². The van der Waals surface area contributed by atoms with E-state index in [1.165, 1.54) is 16.4 Å². The zero-order chi connectivity index (χ0) is 17.2. The fourth-order valence-corrected chi connectivity index (χ4v) is 4.94. The number of sulfonamides is 1. The first kappa shape index (κ1) is 17.6. The molecule has 0 aromatic heterocycles. The quantitative estimate of drug-likeness (QED) is 0.794. The number of morpholine rings is 1. The number of anilines is 1. The molecule has 1 unspecified atom stereocenters. The lowest BCUT2D eigenvalue weighted by molar-refractivity contribution is -0.117. The van der Waals surface area contributed by atoms with Gasteiger partial charge in [-0.2, -0.15) is 4.31 Å². The van der Waals surface area contributed by atoms with Crippen molar-refractivity contribution in [3.63, 3.8) is 0 Å². The highest BCUT2D eigenvalue weighted by molar-refractivity contribution is 7.99. The van der Waals surface area contributed by atoms with Crippen LogP contribution < -0.4 is 10.6 Å². The Morgan fingerprint density at radius 2 is 2.12 bits per heavy atom. The molecule has 2 saturated heterocycles. The number of hydrogen-bond acceptors (Lipinski definition) is 6. The summed E-state index contributed by atoms with van der Waals surface area (Å²) in [5, 5.41) is 5.66. The van der Waals surface area contributed by atoms with Crippen LogP contribution in [0.1, 0.15) is 0 Å². The highest BCUT2D eigenvalue weighted by Crippen LogP contribution is 2.24. The summed E-state index contributed by atoms with van der Waals surface area (Å²) in [4.78, 5) is 11.7. The van der Waals surface area contributed by atoms with Gasteiger partial charge in [-0.15, -0.1) is 11.8 Å². The first-order valence-corrected chi connectivity index (χ1v) is 10.1. The van der Waals surface area contributed by atoms with Gasteiger partial charge in [0.2, 0.25) is 15.9 Å². The number of carbonyl (C=O) groups is 1. The molecule has 132 valence electrons. The van der Waals surface area contributed by atoms with Crippen molar-refractivity contribution in [2.75, 3.05) is 43.2 Å². The van der Waals surface area contributed by atoms with Gasteiger partial charge in [0, 0.05) is 30.4 Å². The molecule has 0 spiro atoms. The number of nitrogens with one attached hydrogen (secondary N) is 2. The van der Waals surface area contributed by atoms with Gasteiger partial charge in [-0.1, -0.05) is 0 Å². The molecular weight excluding hydrogens is 357 g/mol. The number of amides is 1. The van der Waals surface area contributed by atoms with E-state index in [0.717, 1.165) is 6.07 Å². The van der Waals surface area contributed by atoms with Crippen molar-refractivity contribution < 1.29 is 22.3 Å². The van der Waals surface area contributed by atoms with Gasteiger partial charge in [-0.05, 0) is 18.2 Å². The predicted octanol–water partition coefficient (Wildman–Crippen LogP) is 0.448. The molecule has 24 heavy (non-hydrogen) atoms. The van der Waals surface area contributed by atoms with Crippen molar-refractivity contribution in [3.8, 4) is 0 Å². The zero-order valence-electron chi connectivity index (χ0n) is 12.8. The standard InChI is InChI=1S/C14H18FN3O4S2/c15-11-2-1-10(17-14(19)12-8-23-9-16-12)7-13(11)24(20,21)18-3-5-22-6-4-18/h1-2,7,12,16H,3-6,8-9H2,(H,17,19). The monoisotopic (exact) mass is 375 g/mol. The van der Waals surface area contributed by atoms with Crippen LogP contribution in [-0.4, -0.2) is 62.6 Å². The van der Waals surface area contributed by atoms with Crippen molar-refractivity contribution >= 4 is 33.4 Å².